The van der Waals surface area contributed by atoms with Gasteiger partial charge in [0.05, 0.1) is 16.3 Å². The molecule has 0 saturated heterocycles. The molecule has 9 heteroatoms. The van der Waals surface area contributed by atoms with Gasteiger partial charge >= 0.3 is 6.01 Å². The molecule has 160 valence electrons. The van der Waals surface area contributed by atoms with Crippen LogP contribution in [0.3, 0.4) is 0 Å². The molecule has 6 rings (SSSR count). The highest BCUT2D eigenvalue weighted by Gasteiger charge is 2.27. The van der Waals surface area contributed by atoms with Crippen molar-refractivity contribution in [2.75, 3.05) is 10.6 Å². The highest BCUT2D eigenvalue weighted by atomic mass is 32.1. The summed E-state index contributed by atoms with van der Waals surface area (Å²) in [5.41, 5.74) is 3.12. The molecule has 1 aliphatic rings. The normalized spacial score (nSPS) is 15.5. The average Bonchev–Trinajstić information content (AvgIpc) is 3.46. The van der Waals surface area contributed by atoms with Crippen molar-refractivity contribution in [3.8, 4) is 10.8 Å². The molecule has 0 saturated carbocycles. The summed E-state index contributed by atoms with van der Waals surface area (Å²) in [7, 11) is 0. The third-order valence-electron chi connectivity index (χ3n) is 5.18. The van der Waals surface area contributed by atoms with E-state index in [4.69, 9.17) is 9.41 Å². The molecular weight excluding hydrogens is 436 g/mol. The lowest BCUT2D eigenvalue weighted by Gasteiger charge is -2.11. The van der Waals surface area contributed by atoms with Crippen LogP contribution < -0.4 is 10.6 Å². The maximum Gasteiger partial charge on any atom is 0.317 e. The first kappa shape index (κ1) is 19.3. The molecule has 1 amide bonds. The smallest absolute Gasteiger partial charge is 0.317 e. The van der Waals surface area contributed by atoms with E-state index in [-0.39, 0.29) is 11.9 Å². The van der Waals surface area contributed by atoms with E-state index < -0.39 is 6.17 Å². The zero-order valence-corrected chi connectivity index (χ0v) is 17.9. The highest BCUT2D eigenvalue weighted by Crippen LogP contribution is 2.32. The number of nitrogens with zero attached hydrogens (tertiary/aromatic N) is 4. The molecule has 5 aromatic rings. The minimum atomic E-state index is -0.954. The second kappa shape index (κ2) is 7.95. The molecule has 8 nitrogen and oxygen atoms in total. The van der Waals surface area contributed by atoms with Crippen LogP contribution in [0.4, 0.5) is 11.7 Å². The van der Waals surface area contributed by atoms with Crippen LogP contribution in [0.2, 0.25) is 0 Å². The van der Waals surface area contributed by atoms with Gasteiger partial charge in [-0.05, 0) is 18.2 Å². The molecule has 0 unspecified atom stereocenters. The van der Waals surface area contributed by atoms with E-state index in [1.54, 1.807) is 6.20 Å². The number of hydrogen-bond donors (Lipinski definition) is 2. The van der Waals surface area contributed by atoms with Crippen LogP contribution in [0.5, 0.6) is 0 Å². The number of hydrogen-bond acceptors (Lipinski definition) is 8. The molecule has 0 bridgehead atoms. The van der Waals surface area contributed by atoms with E-state index in [9.17, 15) is 4.79 Å². The zero-order valence-electron chi connectivity index (χ0n) is 17.1. The predicted octanol–water partition coefficient (Wildman–Crippen LogP) is 4.57. The van der Waals surface area contributed by atoms with Gasteiger partial charge in [-0.25, -0.2) is 9.98 Å². The monoisotopic (exact) mass is 452 g/mol. The number of nitrogens with one attached hydrogen (secondary N) is 2. The van der Waals surface area contributed by atoms with Crippen LogP contribution in [0, 0.1) is 0 Å². The van der Waals surface area contributed by atoms with Crippen molar-refractivity contribution in [1.29, 1.82) is 0 Å². The van der Waals surface area contributed by atoms with Crippen molar-refractivity contribution >= 4 is 44.9 Å². The number of amides is 1. The molecule has 2 N–H and O–H groups in total. The summed E-state index contributed by atoms with van der Waals surface area (Å²) < 4.78 is 5.81. The molecule has 4 heterocycles. The quantitative estimate of drug-likeness (QED) is 0.414. The van der Waals surface area contributed by atoms with Crippen LogP contribution in [0.25, 0.3) is 21.0 Å². The topological polar surface area (TPSA) is 105 Å². The Labute approximate surface area is 192 Å². The van der Waals surface area contributed by atoms with Gasteiger partial charge in [0.25, 0.3) is 11.8 Å². The van der Waals surface area contributed by atoms with Gasteiger partial charge in [0, 0.05) is 22.7 Å². The predicted molar refractivity (Wildman–Crippen MR) is 127 cm³/mol. The fraction of sp³-hybridized carbons (Fsp3) is 0.0417. The van der Waals surface area contributed by atoms with Gasteiger partial charge in [0.15, 0.2) is 0 Å². The maximum absolute atomic E-state index is 13.0. The number of benzene rings is 2. The Bertz CT molecular complexity index is 1470. The summed E-state index contributed by atoms with van der Waals surface area (Å²) in [4.78, 5) is 23.8. The summed E-state index contributed by atoms with van der Waals surface area (Å²) in [5, 5.41) is 15.1. The molecule has 1 aliphatic heterocycles. The van der Waals surface area contributed by atoms with Gasteiger partial charge in [-0.3, -0.25) is 4.79 Å². The molecule has 0 aliphatic carbocycles. The minimum Gasteiger partial charge on any atom is -0.402 e. The number of carbonyl (C=O) groups excluding carboxylic acids is 1. The van der Waals surface area contributed by atoms with E-state index in [0.29, 0.717) is 17.3 Å². The Kier molecular flexibility index (Phi) is 4.66. The van der Waals surface area contributed by atoms with Gasteiger partial charge in [-0.1, -0.05) is 59.7 Å². The van der Waals surface area contributed by atoms with Crippen LogP contribution >= 0.6 is 11.3 Å². The SMILES string of the molecule is O=C1Nc2ccccc2C(c2ccccc2)=N[C@@H]1Nc1nnc(-c2cc3cccnc3s2)o1. The zero-order chi connectivity index (χ0) is 22.2. The fourth-order valence-corrected chi connectivity index (χ4v) is 4.58. The van der Waals surface area contributed by atoms with Gasteiger partial charge in [-0.15, -0.1) is 16.4 Å². The number of anilines is 2. The van der Waals surface area contributed by atoms with E-state index in [0.717, 1.165) is 26.2 Å². The van der Waals surface area contributed by atoms with Crippen molar-refractivity contribution in [3.05, 3.63) is 90.1 Å². The van der Waals surface area contributed by atoms with Gasteiger partial charge < -0.3 is 15.1 Å². The maximum atomic E-state index is 13.0. The molecule has 0 radical (unpaired) electrons. The third kappa shape index (κ3) is 3.64. The summed E-state index contributed by atoms with van der Waals surface area (Å²) in [6.45, 7) is 0. The number of aliphatic imine (C=N–C) groups is 1. The van der Waals surface area contributed by atoms with Crippen molar-refractivity contribution in [2.24, 2.45) is 4.99 Å². The van der Waals surface area contributed by atoms with Crippen LogP contribution in [-0.2, 0) is 4.79 Å². The number of carbonyl (C=O) groups is 1. The van der Waals surface area contributed by atoms with E-state index in [1.165, 1.54) is 11.3 Å². The standard InChI is InChI=1S/C24H16N6O2S/c31-21-20(27-19(14-7-2-1-3-8-14)16-10-4-5-11-17(16)26-21)28-24-30-29-22(32-24)18-13-15-9-6-12-25-23(15)33-18/h1-13,20H,(H,26,31)(H,28,30)/t20-/m1/s1. The first-order chi connectivity index (χ1) is 16.2. The van der Waals surface area contributed by atoms with E-state index >= 15 is 0 Å². The summed E-state index contributed by atoms with van der Waals surface area (Å²) in [5.74, 6) is 0.0317. The molecule has 0 spiro atoms. The molecule has 33 heavy (non-hydrogen) atoms. The number of thiophene rings is 1. The third-order valence-corrected chi connectivity index (χ3v) is 6.23. The Balaban J connectivity index is 1.35. The summed E-state index contributed by atoms with van der Waals surface area (Å²) in [6.07, 6.45) is 0.791. The lowest BCUT2D eigenvalue weighted by molar-refractivity contribution is -0.116. The number of benzodiazepines with no additional fused rings is 1. The van der Waals surface area contributed by atoms with Crippen LogP contribution in [0.1, 0.15) is 11.1 Å². The summed E-state index contributed by atoms with van der Waals surface area (Å²) >= 11 is 1.46. The van der Waals surface area contributed by atoms with E-state index in [2.05, 4.69) is 25.8 Å². The Morgan fingerprint density at radius 2 is 1.82 bits per heavy atom. The molecule has 1 atom stereocenters. The summed E-state index contributed by atoms with van der Waals surface area (Å²) in [6, 6.07) is 23.2. The Morgan fingerprint density at radius 1 is 0.970 bits per heavy atom. The molecule has 3 aromatic heterocycles. The highest BCUT2D eigenvalue weighted by molar-refractivity contribution is 7.21. The lowest BCUT2D eigenvalue weighted by atomic mass is 10.0. The Morgan fingerprint density at radius 3 is 2.70 bits per heavy atom. The van der Waals surface area contributed by atoms with Crippen molar-refractivity contribution in [2.45, 2.75) is 6.17 Å². The van der Waals surface area contributed by atoms with Crippen LogP contribution in [-0.4, -0.2) is 33.0 Å². The molecule has 2 aromatic carbocycles. The average molecular weight is 452 g/mol. The van der Waals surface area contributed by atoms with Gasteiger partial charge in [0.1, 0.15) is 4.83 Å². The Hall–Kier alpha value is -4.37. The largest absolute Gasteiger partial charge is 0.402 e. The van der Waals surface area contributed by atoms with Gasteiger partial charge in [-0.2, -0.15) is 0 Å². The lowest BCUT2D eigenvalue weighted by Crippen LogP contribution is -2.32. The van der Waals surface area contributed by atoms with Crippen molar-refractivity contribution in [1.82, 2.24) is 15.2 Å². The van der Waals surface area contributed by atoms with E-state index in [1.807, 2.05) is 72.8 Å². The van der Waals surface area contributed by atoms with Crippen molar-refractivity contribution < 1.29 is 9.21 Å². The molecular formula is C24H16N6O2S. The van der Waals surface area contributed by atoms with Gasteiger partial charge in [0.2, 0.25) is 6.17 Å². The molecule has 0 fully saturated rings. The minimum absolute atomic E-state index is 0.109. The first-order valence-corrected chi connectivity index (χ1v) is 11.0. The number of para-hydroxylation sites is 1. The number of rotatable bonds is 4. The number of fused-ring (bicyclic) bond motifs is 2. The second-order valence-corrected chi connectivity index (χ2v) is 8.38. The van der Waals surface area contributed by atoms with Crippen molar-refractivity contribution in [3.63, 3.8) is 0 Å². The van der Waals surface area contributed by atoms with Crippen LogP contribution in [0.15, 0.2) is 88.4 Å². The first-order valence-electron chi connectivity index (χ1n) is 10.2. The number of aromatic nitrogens is 3. The fourth-order valence-electron chi connectivity index (χ4n) is 3.66. The number of pyridine rings is 1. The second-order valence-electron chi connectivity index (χ2n) is 7.35.